The quantitative estimate of drug-likeness (QED) is 0.305. The van der Waals surface area contributed by atoms with E-state index in [1.807, 2.05) is 19.1 Å². The van der Waals surface area contributed by atoms with E-state index < -0.39 is 17.5 Å². The molecule has 3 aromatic rings. The Labute approximate surface area is 160 Å². The second-order valence-electron chi connectivity index (χ2n) is 5.77. The van der Waals surface area contributed by atoms with E-state index in [-0.39, 0.29) is 16.9 Å². The van der Waals surface area contributed by atoms with Crippen LogP contribution >= 0.6 is 0 Å². The van der Waals surface area contributed by atoms with E-state index in [1.54, 1.807) is 24.3 Å². The Bertz CT molecular complexity index is 1110. The summed E-state index contributed by atoms with van der Waals surface area (Å²) in [6, 6.07) is 13.1. The molecule has 142 valence electrons. The van der Waals surface area contributed by atoms with Crippen LogP contribution in [0.2, 0.25) is 0 Å². The van der Waals surface area contributed by atoms with Crippen molar-refractivity contribution < 1.29 is 23.5 Å². The number of primary amides is 1. The molecule has 1 amide bonds. The van der Waals surface area contributed by atoms with Crippen LogP contribution in [0.3, 0.4) is 0 Å². The van der Waals surface area contributed by atoms with Gasteiger partial charge in [0.2, 0.25) is 0 Å². The number of benzene rings is 2. The van der Waals surface area contributed by atoms with E-state index in [0.717, 1.165) is 11.3 Å². The molecule has 0 aliphatic carbocycles. The highest BCUT2D eigenvalue weighted by atomic mass is 16.5. The van der Waals surface area contributed by atoms with Crippen LogP contribution in [-0.4, -0.2) is 18.5 Å². The third-order valence-corrected chi connectivity index (χ3v) is 3.79. The molecule has 2 N–H and O–H groups in total. The van der Waals surface area contributed by atoms with Gasteiger partial charge in [0.1, 0.15) is 22.6 Å². The average Bonchev–Trinajstić information content (AvgIpc) is 2.67. The van der Waals surface area contributed by atoms with Crippen LogP contribution in [0.25, 0.3) is 17.0 Å². The second kappa shape index (κ2) is 8.22. The summed E-state index contributed by atoms with van der Waals surface area (Å²) >= 11 is 0. The Morgan fingerprint density at radius 2 is 1.79 bits per heavy atom. The smallest absolute Gasteiger partial charge is 0.349 e. The second-order valence-corrected chi connectivity index (χ2v) is 5.77. The molecule has 3 rings (SSSR count). The van der Waals surface area contributed by atoms with Crippen LogP contribution in [0.1, 0.15) is 22.8 Å². The zero-order valence-electron chi connectivity index (χ0n) is 15.0. The molecule has 0 radical (unpaired) electrons. The molecule has 0 saturated carbocycles. The normalized spacial score (nSPS) is 10.9. The maximum atomic E-state index is 12.0. The Morgan fingerprint density at radius 1 is 1.07 bits per heavy atom. The first kappa shape index (κ1) is 18.9. The maximum absolute atomic E-state index is 12.0. The van der Waals surface area contributed by atoms with Crippen molar-refractivity contribution in [2.45, 2.75) is 6.92 Å². The molecule has 0 bridgehead atoms. The molecule has 0 spiro atoms. The first-order chi connectivity index (χ1) is 13.5. The van der Waals surface area contributed by atoms with E-state index in [2.05, 4.69) is 0 Å². The Kier molecular flexibility index (Phi) is 5.55. The van der Waals surface area contributed by atoms with Crippen LogP contribution in [0.5, 0.6) is 11.5 Å². The minimum Gasteiger partial charge on any atom is -0.494 e. The summed E-state index contributed by atoms with van der Waals surface area (Å²) in [5, 5.41) is 0.484. The number of fused-ring (bicyclic) bond motifs is 1. The molecule has 2 aromatic carbocycles. The topological polar surface area (TPSA) is 109 Å². The molecular weight excluding hydrogens is 362 g/mol. The minimum absolute atomic E-state index is 0.177. The van der Waals surface area contributed by atoms with Gasteiger partial charge in [0.25, 0.3) is 5.91 Å². The van der Waals surface area contributed by atoms with Crippen LogP contribution in [-0.2, 0) is 4.79 Å². The zero-order chi connectivity index (χ0) is 20.1. The lowest BCUT2D eigenvalue weighted by molar-refractivity contribution is -0.128. The van der Waals surface area contributed by atoms with Crippen molar-refractivity contribution in [2.24, 2.45) is 5.73 Å². The molecule has 7 heteroatoms. The summed E-state index contributed by atoms with van der Waals surface area (Å²) < 4.78 is 15.6. The first-order valence-corrected chi connectivity index (χ1v) is 8.46. The van der Waals surface area contributed by atoms with E-state index >= 15 is 0 Å². The van der Waals surface area contributed by atoms with Gasteiger partial charge in [-0.25, -0.2) is 9.59 Å². The number of rotatable bonds is 6. The summed E-state index contributed by atoms with van der Waals surface area (Å²) in [5.41, 5.74) is 5.02. The summed E-state index contributed by atoms with van der Waals surface area (Å²) in [5.74, 6) is -0.516. The SMILES string of the molecule is CCOc1ccc(C=CC(=O)Oc2ccc3cc(C(N)=O)c(=O)oc3c2)cc1. The lowest BCUT2D eigenvalue weighted by Gasteiger charge is -2.04. The Morgan fingerprint density at radius 3 is 2.46 bits per heavy atom. The van der Waals surface area contributed by atoms with Gasteiger partial charge in [0, 0.05) is 17.5 Å². The zero-order valence-corrected chi connectivity index (χ0v) is 15.0. The largest absolute Gasteiger partial charge is 0.494 e. The fraction of sp³-hybridized carbons (Fsp3) is 0.0952. The fourth-order valence-electron chi connectivity index (χ4n) is 2.48. The average molecular weight is 379 g/mol. The third-order valence-electron chi connectivity index (χ3n) is 3.79. The number of esters is 1. The van der Waals surface area contributed by atoms with Crippen molar-refractivity contribution in [2.75, 3.05) is 6.61 Å². The number of amides is 1. The van der Waals surface area contributed by atoms with Crippen molar-refractivity contribution in [3.05, 3.63) is 76.2 Å². The van der Waals surface area contributed by atoms with Gasteiger partial charge in [0.15, 0.2) is 0 Å². The van der Waals surface area contributed by atoms with Gasteiger partial charge in [-0.2, -0.15) is 0 Å². The van der Waals surface area contributed by atoms with Crippen LogP contribution < -0.4 is 20.8 Å². The maximum Gasteiger partial charge on any atom is 0.349 e. The molecule has 7 nitrogen and oxygen atoms in total. The van der Waals surface area contributed by atoms with Crippen LogP contribution in [0.4, 0.5) is 0 Å². The molecule has 28 heavy (non-hydrogen) atoms. The van der Waals surface area contributed by atoms with Crippen LogP contribution in [0, 0.1) is 0 Å². The highest BCUT2D eigenvalue weighted by Crippen LogP contribution is 2.21. The van der Waals surface area contributed by atoms with Crippen molar-refractivity contribution in [1.82, 2.24) is 0 Å². The third kappa shape index (κ3) is 4.45. The van der Waals surface area contributed by atoms with Crippen molar-refractivity contribution >= 4 is 28.9 Å². The number of ether oxygens (including phenoxy) is 2. The van der Waals surface area contributed by atoms with Gasteiger partial charge >= 0.3 is 11.6 Å². The summed E-state index contributed by atoms with van der Waals surface area (Å²) in [7, 11) is 0. The number of hydrogen-bond donors (Lipinski definition) is 1. The van der Waals surface area contributed by atoms with Gasteiger partial charge in [-0.15, -0.1) is 0 Å². The van der Waals surface area contributed by atoms with Crippen molar-refractivity contribution in [3.63, 3.8) is 0 Å². The summed E-state index contributed by atoms with van der Waals surface area (Å²) in [4.78, 5) is 34.9. The minimum atomic E-state index is -0.870. The number of carbonyl (C=O) groups excluding carboxylic acids is 2. The lowest BCUT2D eigenvalue weighted by Crippen LogP contribution is -2.20. The van der Waals surface area contributed by atoms with E-state index in [4.69, 9.17) is 19.6 Å². The van der Waals surface area contributed by atoms with Gasteiger partial charge in [0.05, 0.1) is 6.61 Å². The summed E-state index contributed by atoms with van der Waals surface area (Å²) in [6.45, 7) is 2.48. The van der Waals surface area contributed by atoms with Crippen LogP contribution in [0.15, 0.2) is 63.8 Å². The number of nitrogens with two attached hydrogens (primary N) is 1. The highest BCUT2D eigenvalue weighted by Gasteiger charge is 2.11. The predicted octanol–water partition coefficient (Wildman–Crippen LogP) is 2.91. The van der Waals surface area contributed by atoms with E-state index in [1.165, 1.54) is 24.3 Å². The van der Waals surface area contributed by atoms with E-state index in [0.29, 0.717) is 12.0 Å². The molecule has 0 unspecified atom stereocenters. The standard InChI is InChI=1S/C21H17NO6/c1-2-26-15-7-3-13(4-8-15)5-10-19(23)27-16-9-6-14-11-17(20(22)24)21(25)28-18(14)12-16/h3-12H,2H2,1H3,(H2,22,24). The molecule has 1 aromatic heterocycles. The molecule has 0 aliphatic rings. The lowest BCUT2D eigenvalue weighted by atomic mass is 10.1. The first-order valence-electron chi connectivity index (χ1n) is 8.46. The molecular formula is C21H17NO6. The molecule has 0 saturated heterocycles. The molecule has 1 heterocycles. The van der Waals surface area contributed by atoms with Gasteiger partial charge in [-0.1, -0.05) is 12.1 Å². The van der Waals surface area contributed by atoms with E-state index in [9.17, 15) is 14.4 Å². The monoisotopic (exact) mass is 379 g/mol. The molecule has 0 aliphatic heterocycles. The van der Waals surface area contributed by atoms with Gasteiger partial charge < -0.3 is 19.6 Å². The number of hydrogen-bond acceptors (Lipinski definition) is 6. The molecule has 0 atom stereocenters. The highest BCUT2D eigenvalue weighted by molar-refractivity contribution is 5.95. The molecule has 0 fully saturated rings. The predicted molar refractivity (Wildman–Crippen MR) is 103 cm³/mol. The Hall–Kier alpha value is -3.87. The van der Waals surface area contributed by atoms with Crippen molar-refractivity contribution in [3.8, 4) is 11.5 Å². The summed E-state index contributed by atoms with van der Waals surface area (Å²) in [6.07, 6.45) is 2.89. The van der Waals surface area contributed by atoms with Gasteiger partial charge in [-0.05, 0) is 48.9 Å². The van der Waals surface area contributed by atoms with Crippen molar-refractivity contribution in [1.29, 1.82) is 0 Å². The Balaban J connectivity index is 1.72. The fourth-order valence-corrected chi connectivity index (χ4v) is 2.48. The number of carbonyl (C=O) groups is 2. The van der Waals surface area contributed by atoms with Gasteiger partial charge in [-0.3, -0.25) is 4.79 Å².